The SMILES string of the molecule is CCOc1ccc(-c2cc(CN3Cc4nc(-c5ccccc5F)[nH]c4C=N3)on2)c(C(F)(F)F)c1. The van der Waals surface area contributed by atoms with Crippen LogP contribution in [0.3, 0.4) is 0 Å². The van der Waals surface area contributed by atoms with Crippen molar-refractivity contribution in [2.24, 2.45) is 5.10 Å². The number of alkyl halides is 3. The summed E-state index contributed by atoms with van der Waals surface area (Å²) in [5, 5.41) is 9.79. The number of rotatable bonds is 6. The number of fused-ring (bicyclic) bond motifs is 1. The van der Waals surface area contributed by atoms with Gasteiger partial charge in [-0.3, -0.25) is 5.01 Å². The third-order valence-corrected chi connectivity index (χ3v) is 5.40. The third-order valence-electron chi connectivity index (χ3n) is 5.40. The van der Waals surface area contributed by atoms with Crippen LogP contribution in [0.4, 0.5) is 17.6 Å². The fourth-order valence-corrected chi connectivity index (χ4v) is 3.81. The Kier molecular flexibility index (Phi) is 5.75. The van der Waals surface area contributed by atoms with Crippen LogP contribution >= 0.6 is 0 Å². The van der Waals surface area contributed by atoms with Crippen LogP contribution in [0.15, 0.2) is 58.2 Å². The molecule has 0 saturated carbocycles. The van der Waals surface area contributed by atoms with E-state index >= 15 is 0 Å². The van der Waals surface area contributed by atoms with Crippen molar-refractivity contribution in [2.45, 2.75) is 26.2 Å². The van der Waals surface area contributed by atoms with Crippen molar-refractivity contribution in [2.75, 3.05) is 6.61 Å². The standard InChI is InChI=1S/C24H19F4N5O2/c1-2-34-14-7-8-16(18(9-14)24(26,27)28)20-10-15(35-32-20)12-33-13-22-21(11-29-33)30-23(31-22)17-5-3-4-6-19(17)25/h3-11H,2,12-13H2,1H3,(H,30,31). The zero-order valence-electron chi connectivity index (χ0n) is 18.4. The maximum atomic E-state index is 14.1. The van der Waals surface area contributed by atoms with Crippen molar-refractivity contribution >= 4 is 6.21 Å². The largest absolute Gasteiger partial charge is 0.494 e. The number of ether oxygens (including phenoxy) is 1. The summed E-state index contributed by atoms with van der Waals surface area (Å²) in [6.07, 6.45) is -3.04. The van der Waals surface area contributed by atoms with Crippen LogP contribution in [0, 0.1) is 5.82 Å². The van der Waals surface area contributed by atoms with Gasteiger partial charge < -0.3 is 14.2 Å². The van der Waals surface area contributed by atoms with Crippen molar-refractivity contribution < 1.29 is 26.8 Å². The second-order valence-corrected chi connectivity index (χ2v) is 7.81. The van der Waals surface area contributed by atoms with E-state index in [4.69, 9.17) is 9.26 Å². The van der Waals surface area contributed by atoms with Crippen molar-refractivity contribution in [1.29, 1.82) is 0 Å². The third kappa shape index (κ3) is 4.61. The lowest BCUT2D eigenvalue weighted by molar-refractivity contribution is -0.137. The topological polar surface area (TPSA) is 79.5 Å². The zero-order valence-corrected chi connectivity index (χ0v) is 18.4. The zero-order chi connectivity index (χ0) is 24.6. The van der Waals surface area contributed by atoms with Gasteiger partial charge in [-0.1, -0.05) is 17.3 Å². The Labute approximate surface area is 197 Å². The molecular formula is C24H19F4N5O2. The maximum absolute atomic E-state index is 14.1. The van der Waals surface area contributed by atoms with Crippen LogP contribution in [0.2, 0.25) is 0 Å². The Morgan fingerprint density at radius 2 is 1.94 bits per heavy atom. The summed E-state index contributed by atoms with van der Waals surface area (Å²) in [5.41, 5.74) is 0.741. The fraction of sp³-hybridized carbons (Fsp3) is 0.208. The molecule has 0 aliphatic carbocycles. The summed E-state index contributed by atoms with van der Waals surface area (Å²) in [6, 6.07) is 11.5. The molecule has 35 heavy (non-hydrogen) atoms. The monoisotopic (exact) mass is 485 g/mol. The molecule has 7 nitrogen and oxygen atoms in total. The van der Waals surface area contributed by atoms with E-state index in [1.54, 1.807) is 36.3 Å². The number of imidazole rings is 1. The molecule has 5 rings (SSSR count). The van der Waals surface area contributed by atoms with Gasteiger partial charge in [0, 0.05) is 11.6 Å². The Balaban J connectivity index is 1.34. The molecule has 0 bridgehead atoms. The highest BCUT2D eigenvalue weighted by Gasteiger charge is 2.35. The van der Waals surface area contributed by atoms with E-state index < -0.39 is 17.6 Å². The van der Waals surface area contributed by atoms with E-state index in [0.29, 0.717) is 35.1 Å². The van der Waals surface area contributed by atoms with Gasteiger partial charge in [0.05, 0.1) is 48.4 Å². The molecule has 180 valence electrons. The average Bonchev–Trinajstić information content (AvgIpc) is 3.46. The molecule has 1 aliphatic rings. The van der Waals surface area contributed by atoms with Gasteiger partial charge in [0.1, 0.15) is 23.1 Å². The molecule has 0 atom stereocenters. The summed E-state index contributed by atoms with van der Waals surface area (Å²) in [4.78, 5) is 7.53. The van der Waals surface area contributed by atoms with Crippen LogP contribution in [0.1, 0.15) is 29.6 Å². The van der Waals surface area contributed by atoms with Gasteiger partial charge in [0.15, 0.2) is 5.76 Å². The van der Waals surface area contributed by atoms with Crippen LogP contribution < -0.4 is 4.74 Å². The molecule has 0 spiro atoms. The first kappa shape index (κ1) is 22.6. The number of aromatic amines is 1. The number of halogens is 4. The van der Waals surface area contributed by atoms with E-state index in [9.17, 15) is 17.6 Å². The predicted octanol–water partition coefficient (Wildman–Crippen LogP) is 5.64. The molecule has 3 heterocycles. The minimum Gasteiger partial charge on any atom is -0.494 e. The molecule has 0 amide bonds. The lowest BCUT2D eigenvalue weighted by Gasteiger charge is -2.19. The van der Waals surface area contributed by atoms with Crippen LogP contribution in [-0.2, 0) is 19.3 Å². The van der Waals surface area contributed by atoms with Crippen LogP contribution in [0.25, 0.3) is 22.6 Å². The van der Waals surface area contributed by atoms with E-state index in [-0.39, 0.29) is 30.2 Å². The lowest BCUT2D eigenvalue weighted by atomic mass is 10.0. The highest BCUT2D eigenvalue weighted by Crippen LogP contribution is 2.39. The summed E-state index contributed by atoms with van der Waals surface area (Å²) >= 11 is 0. The van der Waals surface area contributed by atoms with Gasteiger partial charge in [-0.05, 0) is 37.3 Å². The quantitative estimate of drug-likeness (QED) is 0.358. The van der Waals surface area contributed by atoms with E-state index in [1.165, 1.54) is 24.3 Å². The first-order valence-corrected chi connectivity index (χ1v) is 10.7. The first-order chi connectivity index (χ1) is 16.8. The number of H-pyrrole nitrogens is 1. The molecule has 1 N–H and O–H groups in total. The van der Waals surface area contributed by atoms with Gasteiger partial charge in [-0.2, -0.15) is 18.3 Å². The molecule has 4 aromatic rings. The number of nitrogens with one attached hydrogen (secondary N) is 1. The first-order valence-electron chi connectivity index (χ1n) is 10.7. The summed E-state index contributed by atoms with van der Waals surface area (Å²) in [6.45, 7) is 2.40. The van der Waals surface area contributed by atoms with E-state index in [0.717, 1.165) is 6.07 Å². The average molecular weight is 485 g/mol. The molecule has 2 aromatic carbocycles. The van der Waals surface area contributed by atoms with Gasteiger partial charge in [-0.15, -0.1) is 0 Å². The van der Waals surface area contributed by atoms with E-state index in [1.807, 2.05) is 0 Å². The molecule has 0 unspecified atom stereocenters. The fourth-order valence-electron chi connectivity index (χ4n) is 3.81. The Bertz CT molecular complexity index is 1390. The van der Waals surface area contributed by atoms with Crippen molar-refractivity contribution in [3.63, 3.8) is 0 Å². The smallest absolute Gasteiger partial charge is 0.417 e. The minimum absolute atomic E-state index is 0.0543. The van der Waals surface area contributed by atoms with Crippen molar-refractivity contribution in [3.05, 3.63) is 77.1 Å². The molecule has 0 saturated heterocycles. The summed E-state index contributed by atoms with van der Waals surface area (Å²) < 4.78 is 65.6. The van der Waals surface area contributed by atoms with Crippen molar-refractivity contribution in [1.82, 2.24) is 20.1 Å². The number of nitrogens with zero attached hydrogens (tertiary/aromatic N) is 4. The molecular weight excluding hydrogens is 466 g/mol. The number of hydrogen-bond donors (Lipinski definition) is 1. The summed E-state index contributed by atoms with van der Waals surface area (Å²) in [5.74, 6) is 0.444. The highest BCUT2D eigenvalue weighted by molar-refractivity contribution is 5.80. The lowest BCUT2D eigenvalue weighted by Crippen LogP contribution is -2.21. The Hall–Kier alpha value is -4.15. The second-order valence-electron chi connectivity index (χ2n) is 7.81. The predicted molar refractivity (Wildman–Crippen MR) is 119 cm³/mol. The number of hydrazone groups is 1. The number of benzene rings is 2. The second kappa shape index (κ2) is 8.90. The molecule has 1 aliphatic heterocycles. The molecule has 2 aromatic heterocycles. The van der Waals surface area contributed by atoms with Crippen LogP contribution in [0.5, 0.6) is 5.75 Å². The Morgan fingerprint density at radius 1 is 1.11 bits per heavy atom. The number of hydrogen-bond acceptors (Lipinski definition) is 6. The van der Waals surface area contributed by atoms with Gasteiger partial charge >= 0.3 is 6.18 Å². The van der Waals surface area contributed by atoms with Crippen molar-refractivity contribution in [3.8, 4) is 28.4 Å². The van der Waals surface area contributed by atoms with Crippen LogP contribution in [-0.4, -0.2) is 33.0 Å². The van der Waals surface area contributed by atoms with Gasteiger partial charge in [0.25, 0.3) is 0 Å². The number of aromatic nitrogens is 3. The van der Waals surface area contributed by atoms with E-state index in [2.05, 4.69) is 20.2 Å². The minimum atomic E-state index is -4.59. The normalized spacial score (nSPS) is 13.2. The molecule has 0 radical (unpaired) electrons. The molecule has 0 fully saturated rings. The van der Waals surface area contributed by atoms with Gasteiger partial charge in [-0.25, -0.2) is 9.37 Å². The molecule has 11 heteroatoms. The highest BCUT2D eigenvalue weighted by atomic mass is 19.4. The summed E-state index contributed by atoms with van der Waals surface area (Å²) in [7, 11) is 0. The van der Waals surface area contributed by atoms with Gasteiger partial charge in [0.2, 0.25) is 0 Å². The Morgan fingerprint density at radius 3 is 2.71 bits per heavy atom. The maximum Gasteiger partial charge on any atom is 0.417 e.